The van der Waals surface area contributed by atoms with Crippen LogP contribution in [0.4, 0.5) is 5.00 Å². The van der Waals surface area contributed by atoms with Gasteiger partial charge in [0, 0.05) is 16.4 Å². The molecule has 7 nitrogen and oxygen atoms in total. The van der Waals surface area contributed by atoms with Gasteiger partial charge in [0.2, 0.25) is 5.43 Å². The number of nitrogens with zero attached hydrogens (tertiary/aromatic N) is 2. The van der Waals surface area contributed by atoms with Crippen molar-refractivity contribution in [1.82, 2.24) is 9.78 Å². The number of esters is 1. The van der Waals surface area contributed by atoms with E-state index in [4.69, 9.17) is 16.3 Å². The molecule has 0 saturated carbocycles. The van der Waals surface area contributed by atoms with Gasteiger partial charge in [-0.3, -0.25) is 14.3 Å². The summed E-state index contributed by atoms with van der Waals surface area (Å²) < 4.78 is 6.53. The molecule has 1 aromatic carbocycles. The lowest BCUT2D eigenvalue weighted by atomic mass is 9.95. The lowest BCUT2D eigenvalue weighted by Crippen LogP contribution is -2.27. The van der Waals surface area contributed by atoms with Gasteiger partial charge in [-0.15, -0.1) is 11.3 Å². The van der Waals surface area contributed by atoms with Gasteiger partial charge in [0.15, 0.2) is 5.69 Å². The predicted molar refractivity (Wildman–Crippen MR) is 117 cm³/mol. The number of carbonyl (C=O) groups excluding carboxylic acids is 2. The Hall–Kier alpha value is -2.71. The summed E-state index contributed by atoms with van der Waals surface area (Å²) in [7, 11) is 1.31. The highest BCUT2D eigenvalue weighted by Crippen LogP contribution is 2.38. The number of hydrogen-bond donors (Lipinski definition) is 1. The fourth-order valence-corrected chi connectivity index (χ4v) is 5.23. The topological polar surface area (TPSA) is 90.3 Å². The highest BCUT2D eigenvalue weighted by Gasteiger charge is 2.28. The van der Waals surface area contributed by atoms with Crippen molar-refractivity contribution in [3.05, 3.63) is 55.1 Å². The van der Waals surface area contributed by atoms with Crippen molar-refractivity contribution in [2.24, 2.45) is 0 Å². The first-order valence-electron chi connectivity index (χ1n) is 9.69. The van der Waals surface area contributed by atoms with Gasteiger partial charge in [-0.25, -0.2) is 4.79 Å². The molecule has 0 unspecified atom stereocenters. The zero-order chi connectivity index (χ0) is 21.4. The van der Waals surface area contributed by atoms with E-state index in [2.05, 4.69) is 10.4 Å². The number of methoxy groups -OCH3 is 1. The van der Waals surface area contributed by atoms with E-state index in [9.17, 15) is 14.4 Å². The Morgan fingerprint density at radius 1 is 1.30 bits per heavy atom. The smallest absolute Gasteiger partial charge is 0.341 e. The minimum Gasteiger partial charge on any atom is -0.465 e. The highest BCUT2D eigenvalue weighted by atomic mass is 35.5. The number of hydrogen-bond acceptors (Lipinski definition) is 6. The summed E-state index contributed by atoms with van der Waals surface area (Å²) >= 11 is 7.42. The van der Waals surface area contributed by atoms with Crippen LogP contribution in [-0.4, -0.2) is 28.8 Å². The zero-order valence-electron chi connectivity index (χ0n) is 16.6. The lowest BCUT2D eigenvalue weighted by molar-refractivity contribution is 0.0601. The van der Waals surface area contributed by atoms with Gasteiger partial charge in [0.25, 0.3) is 5.91 Å². The minimum atomic E-state index is -0.659. The van der Waals surface area contributed by atoms with Crippen LogP contribution in [0.1, 0.15) is 51.1 Å². The molecule has 0 spiro atoms. The second kappa shape index (κ2) is 8.20. The van der Waals surface area contributed by atoms with Gasteiger partial charge in [-0.05, 0) is 56.4 Å². The Morgan fingerprint density at radius 2 is 2.07 bits per heavy atom. The summed E-state index contributed by atoms with van der Waals surface area (Å²) in [5, 5.41) is 8.12. The van der Waals surface area contributed by atoms with E-state index in [1.54, 1.807) is 16.8 Å². The van der Waals surface area contributed by atoms with Crippen molar-refractivity contribution < 1.29 is 14.3 Å². The number of thiophene rings is 1. The van der Waals surface area contributed by atoms with Crippen LogP contribution < -0.4 is 10.7 Å². The third-order valence-electron chi connectivity index (χ3n) is 5.22. The van der Waals surface area contributed by atoms with Crippen LogP contribution in [0.3, 0.4) is 0 Å². The SMILES string of the molecule is CCn1nc(C(=O)Nc2sc3c(c2C(=O)OC)CCCC3)c(=O)c2cc(Cl)ccc21. The maximum absolute atomic E-state index is 13.0. The number of benzene rings is 1. The van der Waals surface area contributed by atoms with Gasteiger partial charge in [-0.1, -0.05) is 11.6 Å². The number of rotatable bonds is 4. The van der Waals surface area contributed by atoms with E-state index >= 15 is 0 Å². The van der Waals surface area contributed by atoms with Crippen molar-refractivity contribution in [3.63, 3.8) is 0 Å². The van der Waals surface area contributed by atoms with E-state index in [-0.39, 0.29) is 5.69 Å². The molecule has 9 heteroatoms. The number of amides is 1. The van der Waals surface area contributed by atoms with Crippen LogP contribution in [0.25, 0.3) is 10.9 Å². The van der Waals surface area contributed by atoms with E-state index in [0.29, 0.717) is 33.0 Å². The average molecular weight is 446 g/mol. The van der Waals surface area contributed by atoms with Crippen molar-refractivity contribution in [2.45, 2.75) is 39.2 Å². The van der Waals surface area contributed by atoms with Crippen molar-refractivity contribution in [1.29, 1.82) is 0 Å². The Bertz CT molecular complexity index is 1230. The number of aryl methyl sites for hydroxylation is 2. The van der Waals surface area contributed by atoms with E-state index in [0.717, 1.165) is 36.1 Å². The lowest BCUT2D eigenvalue weighted by Gasteiger charge is -2.12. The monoisotopic (exact) mass is 445 g/mol. The highest BCUT2D eigenvalue weighted by molar-refractivity contribution is 7.17. The van der Waals surface area contributed by atoms with Gasteiger partial charge in [0.05, 0.1) is 23.6 Å². The second-order valence-electron chi connectivity index (χ2n) is 7.02. The van der Waals surface area contributed by atoms with Crippen molar-refractivity contribution in [3.8, 4) is 0 Å². The van der Waals surface area contributed by atoms with Crippen molar-refractivity contribution in [2.75, 3.05) is 12.4 Å². The molecule has 156 valence electrons. The van der Waals surface area contributed by atoms with Crippen LogP contribution in [0.5, 0.6) is 0 Å². The molecule has 1 amide bonds. The molecule has 2 aromatic heterocycles. The number of nitrogens with one attached hydrogen (secondary N) is 1. The zero-order valence-corrected chi connectivity index (χ0v) is 18.2. The first-order chi connectivity index (χ1) is 14.4. The first-order valence-corrected chi connectivity index (χ1v) is 10.9. The predicted octanol–water partition coefficient (Wildman–Crippen LogP) is 4.05. The third kappa shape index (κ3) is 3.50. The molecule has 30 heavy (non-hydrogen) atoms. The number of ether oxygens (including phenoxy) is 1. The van der Waals surface area contributed by atoms with Crippen LogP contribution >= 0.6 is 22.9 Å². The van der Waals surface area contributed by atoms with E-state index in [1.165, 1.54) is 24.5 Å². The largest absolute Gasteiger partial charge is 0.465 e. The minimum absolute atomic E-state index is 0.242. The van der Waals surface area contributed by atoms with Crippen LogP contribution in [0, 0.1) is 0 Å². The molecule has 1 aliphatic rings. The van der Waals surface area contributed by atoms with Crippen LogP contribution in [0.15, 0.2) is 23.0 Å². The number of halogens is 1. The Morgan fingerprint density at radius 3 is 2.80 bits per heavy atom. The summed E-state index contributed by atoms with van der Waals surface area (Å²) in [5.41, 5.74) is 1.16. The molecule has 0 saturated heterocycles. The molecule has 0 radical (unpaired) electrons. The second-order valence-corrected chi connectivity index (χ2v) is 8.56. The summed E-state index contributed by atoms with van der Waals surface area (Å²) in [6.07, 6.45) is 3.64. The number of anilines is 1. The molecule has 0 atom stereocenters. The van der Waals surface area contributed by atoms with Crippen LogP contribution in [-0.2, 0) is 24.1 Å². The number of aromatic nitrogens is 2. The fraction of sp³-hybridized carbons (Fsp3) is 0.333. The molecule has 3 aromatic rings. The van der Waals surface area contributed by atoms with Gasteiger partial charge in [0.1, 0.15) is 5.00 Å². The quantitative estimate of drug-likeness (QED) is 0.612. The molecule has 0 aliphatic heterocycles. The average Bonchev–Trinajstić information content (AvgIpc) is 3.11. The van der Waals surface area contributed by atoms with Gasteiger partial charge >= 0.3 is 5.97 Å². The molecule has 4 rings (SSSR count). The number of fused-ring (bicyclic) bond motifs is 2. The standard InChI is InChI=1S/C21H20ClN3O4S/c1-3-25-14-9-8-11(22)10-13(14)18(26)17(24-25)19(27)23-20-16(21(28)29-2)12-6-4-5-7-15(12)30-20/h8-10H,3-7H2,1-2H3,(H,23,27). The molecule has 0 bridgehead atoms. The maximum Gasteiger partial charge on any atom is 0.341 e. The number of carbonyl (C=O) groups is 2. The van der Waals surface area contributed by atoms with Gasteiger partial charge < -0.3 is 10.1 Å². The molecule has 1 N–H and O–H groups in total. The maximum atomic E-state index is 13.0. The molecular weight excluding hydrogens is 426 g/mol. The Labute approximate surface area is 181 Å². The molecule has 2 heterocycles. The van der Waals surface area contributed by atoms with E-state index in [1.807, 2.05) is 6.92 Å². The first kappa shape index (κ1) is 20.6. The van der Waals surface area contributed by atoms with Gasteiger partial charge in [-0.2, -0.15) is 5.10 Å². The normalized spacial score (nSPS) is 13.2. The Balaban J connectivity index is 1.79. The fourth-order valence-electron chi connectivity index (χ4n) is 3.79. The summed E-state index contributed by atoms with van der Waals surface area (Å²) in [6.45, 7) is 2.34. The molecule has 1 aliphatic carbocycles. The third-order valence-corrected chi connectivity index (χ3v) is 6.66. The Kier molecular flexibility index (Phi) is 5.62. The summed E-state index contributed by atoms with van der Waals surface area (Å²) in [6, 6.07) is 4.92. The summed E-state index contributed by atoms with van der Waals surface area (Å²) in [4.78, 5) is 39.5. The molecule has 0 fully saturated rings. The molecular formula is C21H20ClN3O4S. The van der Waals surface area contributed by atoms with Crippen LogP contribution in [0.2, 0.25) is 5.02 Å². The van der Waals surface area contributed by atoms with E-state index < -0.39 is 17.3 Å². The van der Waals surface area contributed by atoms with Crippen molar-refractivity contribution >= 4 is 50.7 Å². The summed E-state index contributed by atoms with van der Waals surface area (Å²) in [5.74, 6) is -1.15.